The Labute approximate surface area is 150 Å². The molecule has 146 valence electrons. The molecule has 0 aliphatic carbocycles. The standard InChI is InChI=1S/C16H21F3N2O4S/c1-11(2)26(23,24)21-9-3-4-12(10-21)15(22)20-13-5-7-14(8-6-13)25-16(17,18)19/h5-8,11-12H,3-4,9-10H2,1-2H3,(H,20,22). The molecule has 2 rings (SSSR count). The third kappa shape index (κ3) is 5.34. The molecule has 10 heteroatoms. The number of rotatable bonds is 5. The van der Waals surface area contributed by atoms with E-state index < -0.39 is 27.6 Å². The van der Waals surface area contributed by atoms with Crippen LogP contribution in [0.3, 0.4) is 0 Å². The number of amides is 1. The van der Waals surface area contributed by atoms with Gasteiger partial charge in [0.1, 0.15) is 5.75 Å². The van der Waals surface area contributed by atoms with Crippen molar-refractivity contribution in [1.82, 2.24) is 4.31 Å². The lowest BCUT2D eigenvalue weighted by molar-refractivity contribution is -0.274. The van der Waals surface area contributed by atoms with E-state index in [2.05, 4.69) is 10.1 Å². The van der Waals surface area contributed by atoms with Gasteiger partial charge in [0.2, 0.25) is 15.9 Å². The first-order valence-electron chi connectivity index (χ1n) is 8.14. The third-order valence-electron chi connectivity index (χ3n) is 4.07. The number of nitrogens with one attached hydrogen (secondary N) is 1. The van der Waals surface area contributed by atoms with Crippen molar-refractivity contribution in [2.45, 2.75) is 38.3 Å². The Kier molecular flexibility index (Phi) is 6.17. The van der Waals surface area contributed by atoms with Crippen molar-refractivity contribution >= 4 is 21.6 Å². The van der Waals surface area contributed by atoms with Crippen LogP contribution in [0.4, 0.5) is 18.9 Å². The third-order valence-corrected chi connectivity index (χ3v) is 6.31. The van der Waals surface area contributed by atoms with Crippen LogP contribution in [0.5, 0.6) is 5.75 Å². The molecule has 1 unspecified atom stereocenters. The largest absolute Gasteiger partial charge is 0.573 e. The number of carbonyl (C=O) groups is 1. The van der Waals surface area contributed by atoms with E-state index in [9.17, 15) is 26.4 Å². The van der Waals surface area contributed by atoms with Crippen LogP contribution in [-0.4, -0.2) is 43.3 Å². The zero-order chi connectivity index (χ0) is 19.5. The Balaban J connectivity index is 1.99. The Bertz CT molecular complexity index is 733. The number of hydrogen-bond acceptors (Lipinski definition) is 4. The quantitative estimate of drug-likeness (QED) is 0.833. The van der Waals surface area contributed by atoms with E-state index in [1.54, 1.807) is 13.8 Å². The molecule has 1 amide bonds. The molecule has 1 aliphatic rings. The van der Waals surface area contributed by atoms with Gasteiger partial charge in [-0.05, 0) is 51.0 Å². The van der Waals surface area contributed by atoms with Crippen molar-refractivity contribution in [1.29, 1.82) is 0 Å². The highest BCUT2D eigenvalue weighted by molar-refractivity contribution is 7.89. The number of ether oxygens (including phenoxy) is 1. The molecule has 1 atom stereocenters. The van der Waals surface area contributed by atoms with E-state index in [4.69, 9.17) is 0 Å². The summed E-state index contributed by atoms with van der Waals surface area (Å²) in [6.45, 7) is 3.66. The van der Waals surface area contributed by atoms with Crippen LogP contribution in [0.2, 0.25) is 0 Å². The molecule has 26 heavy (non-hydrogen) atoms. The maximum Gasteiger partial charge on any atom is 0.573 e. The predicted octanol–water partition coefficient (Wildman–Crippen LogP) is 2.97. The molecule has 1 N–H and O–H groups in total. The van der Waals surface area contributed by atoms with Crippen molar-refractivity contribution < 1.29 is 31.1 Å². The average molecular weight is 394 g/mol. The van der Waals surface area contributed by atoms with Crippen LogP contribution in [0, 0.1) is 5.92 Å². The highest BCUT2D eigenvalue weighted by Gasteiger charge is 2.34. The maximum atomic E-state index is 12.4. The molecule has 0 spiro atoms. The predicted molar refractivity (Wildman–Crippen MR) is 90.1 cm³/mol. The number of anilines is 1. The van der Waals surface area contributed by atoms with Gasteiger partial charge in [-0.3, -0.25) is 4.79 Å². The fourth-order valence-corrected chi connectivity index (χ4v) is 4.04. The topological polar surface area (TPSA) is 75.7 Å². The number of benzene rings is 1. The van der Waals surface area contributed by atoms with Gasteiger partial charge in [-0.1, -0.05) is 0 Å². The number of carbonyl (C=O) groups excluding carboxylic acids is 1. The zero-order valence-corrected chi connectivity index (χ0v) is 15.2. The van der Waals surface area contributed by atoms with Crippen LogP contribution in [0.25, 0.3) is 0 Å². The molecule has 0 saturated carbocycles. The van der Waals surface area contributed by atoms with E-state index in [0.717, 1.165) is 12.1 Å². The Hall–Kier alpha value is -1.81. The average Bonchev–Trinajstić information content (AvgIpc) is 2.55. The smallest absolute Gasteiger partial charge is 0.406 e. The second-order valence-electron chi connectivity index (χ2n) is 6.35. The molecule has 1 aliphatic heterocycles. The second-order valence-corrected chi connectivity index (χ2v) is 8.84. The first-order chi connectivity index (χ1) is 12.0. The van der Waals surface area contributed by atoms with E-state index in [1.807, 2.05) is 0 Å². The molecule has 1 heterocycles. The maximum absolute atomic E-state index is 12.4. The van der Waals surface area contributed by atoms with E-state index in [1.165, 1.54) is 16.4 Å². The number of alkyl halides is 3. The lowest BCUT2D eigenvalue weighted by Crippen LogP contribution is -2.46. The van der Waals surface area contributed by atoms with Crippen LogP contribution in [-0.2, 0) is 14.8 Å². The van der Waals surface area contributed by atoms with Gasteiger partial charge in [0.15, 0.2) is 0 Å². The van der Waals surface area contributed by atoms with Gasteiger partial charge in [-0.25, -0.2) is 12.7 Å². The summed E-state index contributed by atoms with van der Waals surface area (Å²) < 4.78 is 66.0. The normalized spacial score (nSPS) is 19.4. The van der Waals surface area contributed by atoms with Crippen molar-refractivity contribution in [2.75, 3.05) is 18.4 Å². The zero-order valence-electron chi connectivity index (χ0n) is 14.4. The van der Waals surface area contributed by atoms with E-state index in [-0.39, 0.29) is 18.2 Å². The summed E-state index contributed by atoms with van der Waals surface area (Å²) >= 11 is 0. The molecule has 1 aromatic rings. The van der Waals surface area contributed by atoms with E-state index in [0.29, 0.717) is 25.1 Å². The summed E-state index contributed by atoms with van der Waals surface area (Å²) in [5.41, 5.74) is 0.313. The summed E-state index contributed by atoms with van der Waals surface area (Å²) in [5.74, 6) is -1.26. The molecular formula is C16H21F3N2O4S. The molecule has 6 nitrogen and oxygen atoms in total. The minimum Gasteiger partial charge on any atom is -0.406 e. The first-order valence-corrected chi connectivity index (χ1v) is 9.65. The monoisotopic (exact) mass is 394 g/mol. The lowest BCUT2D eigenvalue weighted by atomic mass is 9.99. The number of piperidine rings is 1. The van der Waals surface area contributed by atoms with Gasteiger partial charge < -0.3 is 10.1 Å². The van der Waals surface area contributed by atoms with Crippen LogP contribution in [0.15, 0.2) is 24.3 Å². The van der Waals surface area contributed by atoms with E-state index >= 15 is 0 Å². The second kappa shape index (κ2) is 7.83. The van der Waals surface area contributed by atoms with Crippen molar-refractivity contribution in [3.63, 3.8) is 0 Å². The Morgan fingerprint density at radius 2 is 1.88 bits per heavy atom. The van der Waals surface area contributed by atoms with Gasteiger partial charge >= 0.3 is 6.36 Å². The summed E-state index contributed by atoms with van der Waals surface area (Å²) in [6, 6.07) is 4.79. The Morgan fingerprint density at radius 3 is 2.42 bits per heavy atom. The SMILES string of the molecule is CC(C)S(=O)(=O)N1CCCC(C(=O)Nc2ccc(OC(F)(F)F)cc2)C1. The minimum atomic E-state index is -4.78. The van der Waals surface area contributed by atoms with Crippen molar-refractivity contribution in [3.05, 3.63) is 24.3 Å². The summed E-state index contributed by atoms with van der Waals surface area (Å²) in [7, 11) is -3.43. The number of halogens is 3. The molecule has 0 aromatic heterocycles. The molecule has 0 bridgehead atoms. The summed E-state index contributed by atoms with van der Waals surface area (Å²) in [6.07, 6.45) is -3.66. The van der Waals surface area contributed by atoms with Gasteiger partial charge in [-0.2, -0.15) is 0 Å². The molecule has 1 aromatic carbocycles. The van der Waals surface area contributed by atoms with Crippen LogP contribution < -0.4 is 10.1 Å². The highest BCUT2D eigenvalue weighted by Crippen LogP contribution is 2.25. The van der Waals surface area contributed by atoms with Gasteiger partial charge in [0, 0.05) is 18.8 Å². The molecule has 1 saturated heterocycles. The minimum absolute atomic E-state index is 0.0988. The van der Waals surface area contributed by atoms with Crippen molar-refractivity contribution in [3.8, 4) is 5.75 Å². The van der Waals surface area contributed by atoms with Crippen LogP contribution >= 0.6 is 0 Å². The Morgan fingerprint density at radius 1 is 1.27 bits per heavy atom. The molecule has 0 radical (unpaired) electrons. The first kappa shape index (κ1) is 20.5. The van der Waals surface area contributed by atoms with Gasteiger partial charge in [-0.15, -0.1) is 13.2 Å². The fraction of sp³-hybridized carbons (Fsp3) is 0.562. The fourth-order valence-electron chi connectivity index (χ4n) is 2.67. The number of hydrogen-bond donors (Lipinski definition) is 1. The molecular weight excluding hydrogens is 373 g/mol. The summed E-state index contributed by atoms with van der Waals surface area (Å²) in [5, 5.41) is 2.04. The number of sulfonamides is 1. The number of nitrogens with zero attached hydrogens (tertiary/aromatic N) is 1. The van der Waals surface area contributed by atoms with Gasteiger partial charge in [0.25, 0.3) is 0 Å². The highest BCUT2D eigenvalue weighted by atomic mass is 32.2. The summed E-state index contributed by atoms with van der Waals surface area (Å²) in [4.78, 5) is 12.4. The lowest BCUT2D eigenvalue weighted by Gasteiger charge is -2.32. The molecule has 1 fully saturated rings. The van der Waals surface area contributed by atoms with Crippen molar-refractivity contribution in [2.24, 2.45) is 5.92 Å². The van der Waals surface area contributed by atoms with Gasteiger partial charge in [0.05, 0.1) is 11.2 Å². The van der Waals surface area contributed by atoms with Crippen LogP contribution in [0.1, 0.15) is 26.7 Å².